The van der Waals surface area contributed by atoms with E-state index in [4.69, 9.17) is 0 Å². The molecule has 17 heavy (non-hydrogen) atoms. The first-order chi connectivity index (χ1) is 7.26. The van der Waals surface area contributed by atoms with E-state index in [1.165, 1.54) is 0 Å². The van der Waals surface area contributed by atoms with Crippen LogP contribution in [0.5, 0.6) is 0 Å². The van der Waals surface area contributed by atoms with E-state index in [0.29, 0.717) is 0 Å². The summed E-state index contributed by atoms with van der Waals surface area (Å²) in [6.07, 6.45) is -4.84. The third-order valence-electron chi connectivity index (χ3n) is 1.47. The van der Waals surface area contributed by atoms with E-state index < -0.39 is 33.7 Å². The molecule has 1 atom stereocenters. The number of allylic oxidation sites excluding steroid dienone is 1. The van der Waals surface area contributed by atoms with Gasteiger partial charge in [0.25, 0.3) is 0 Å². The van der Waals surface area contributed by atoms with Crippen molar-refractivity contribution in [3.05, 3.63) is 10.3 Å². The zero-order valence-corrected chi connectivity index (χ0v) is 9.50. The second-order valence-corrected chi connectivity index (χ2v) is 4.13. The van der Waals surface area contributed by atoms with Gasteiger partial charge < -0.3 is 0 Å². The van der Waals surface area contributed by atoms with Crippen LogP contribution < -0.4 is 0 Å². The molecule has 102 valence electrons. The van der Waals surface area contributed by atoms with Crippen LogP contribution in [-0.2, 0) is 0 Å². The second kappa shape index (κ2) is 4.97. The Morgan fingerprint density at radius 2 is 1.29 bits per heavy atom. The third-order valence-corrected chi connectivity index (χ3v) is 1.99. The predicted octanol–water partition coefficient (Wildman–Crippen LogP) is 5.04. The molecule has 0 aliphatic heterocycles. The Kier molecular flexibility index (Phi) is 4.98. The highest BCUT2D eigenvalue weighted by molar-refractivity contribution is 6.56. The Bertz CT molecular complexity index is 316. The van der Waals surface area contributed by atoms with Crippen LogP contribution in [0.4, 0.5) is 35.1 Å². The van der Waals surface area contributed by atoms with Crippen molar-refractivity contribution >= 4 is 34.8 Å². The molecule has 0 nitrogen and oxygen atoms in total. The molecule has 0 rings (SSSR count). The molecule has 11 heteroatoms. The van der Waals surface area contributed by atoms with Crippen LogP contribution in [0.3, 0.4) is 0 Å². The molecule has 0 aliphatic rings. The fraction of sp³-hybridized carbons (Fsp3) is 0.667. The Hall–Kier alpha value is 0.0500. The van der Waals surface area contributed by atoms with Gasteiger partial charge in [-0.1, -0.05) is 23.2 Å². The highest BCUT2D eigenvalue weighted by Crippen LogP contribution is 2.50. The lowest BCUT2D eigenvalue weighted by Gasteiger charge is -2.29. The molecule has 0 aromatic rings. The molecule has 0 aromatic heterocycles. The molecule has 0 fully saturated rings. The molecule has 0 heterocycles. The SMILES string of the molecule is FC(=C(Cl)Cl)C(F)(F)C(F)(F)C(F)C(F)(F)Cl. The molecule has 0 N–H and O–H groups in total. The van der Waals surface area contributed by atoms with Gasteiger partial charge in [0.1, 0.15) is 4.49 Å². The maximum absolute atomic E-state index is 12.6. The molecule has 0 saturated heterocycles. The van der Waals surface area contributed by atoms with Crippen LogP contribution in [0.25, 0.3) is 0 Å². The molecule has 0 spiro atoms. The van der Waals surface area contributed by atoms with E-state index in [-0.39, 0.29) is 0 Å². The van der Waals surface area contributed by atoms with Crippen LogP contribution in [0.2, 0.25) is 0 Å². The molecule has 0 radical (unpaired) electrons. The number of halogens is 11. The van der Waals surface area contributed by atoms with Gasteiger partial charge >= 0.3 is 17.2 Å². The Morgan fingerprint density at radius 1 is 0.941 bits per heavy atom. The maximum atomic E-state index is 12.6. The van der Waals surface area contributed by atoms with Crippen molar-refractivity contribution < 1.29 is 35.1 Å². The largest absolute Gasteiger partial charge is 0.366 e. The van der Waals surface area contributed by atoms with Crippen molar-refractivity contribution in [2.24, 2.45) is 0 Å². The summed E-state index contributed by atoms with van der Waals surface area (Å²) in [7, 11) is 0. The fourth-order valence-corrected chi connectivity index (χ4v) is 1.00. The summed E-state index contributed by atoms with van der Waals surface area (Å²) < 4.78 is 97.4. The molecule has 0 amide bonds. The minimum Gasteiger partial charge on any atom is -0.232 e. The highest BCUT2D eigenvalue weighted by atomic mass is 35.5. The van der Waals surface area contributed by atoms with Gasteiger partial charge in [0, 0.05) is 0 Å². The molecule has 0 aromatic carbocycles. The summed E-state index contributed by atoms with van der Waals surface area (Å²) in [6, 6.07) is 0. The van der Waals surface area contributed by atoms with Crippen molar-refractivity contribution in [2.45, 2.75) is 23.4 Å². The maximum Gasteiger partial charge on any atom is 0.366 e. The number of hydrogen-bond acceptors (Lipinski definition) is 0. The van der Waals surface area contributed by atoms with Crippen LogP contribution in [0.1, 0.15) is 0 Å². The zero-order valence-electron chi connectivity index (χ0n) is 7.23. The first kappa shape index (κ1) is 17.1. The van der Waals surface area contributed by atoms with E-state index in [2.05, 4.69) is 34.8 Å². The van der Waals surface area contributed by atoms with Gasteiger partial charge in [-0.25, -0.2) is 8.78 Å². The lowest BCUT2D eigenvalue weighted by atomic mass is 10.1. The van der Waals surface area contributed by atoms with Gasteiger partial charge in [0.15, 0.2) is 0 Å². The van der Waals surface area contributed by atoms with Crippen LogP contribution >= 0.6 is 34.8 Å². The van der Waals surface area contributed by atoms with Gasteiger partial charge in [-0.05, 0) is 11.6 Å². The minimum atomic E-state index is -6.14. The molecular weight excluding hydrogens is 330 g/mol. The van der Waals surface area contributed by atoms with Crippen LogP contribution in [0.15, 0.2) is 10.3 Å². The van der Waals surface area contributed by atoms with Crippen LogP contribution in [0, 0.1) is 0 Å². The predicted molar refractivity (Wildman–Crippen MR) is 45.4 cm³/mol. The van der Waals surface area contributed by atoms with Gasteiger partial charge in [-0.2, -0.15) is 26.3 Å². The normalized spacial score (nSPS) is 15.7. The lowest BCUT2D eigenvalue weighted by molar-refractivity contribution is -0.253. The third kappa shape index (κ3) is 3.29. The number of alkyl halides is 8. The quantitative estimate of drug-likeness (QED) is 0.500. The molecule has 0 aliphatic carbocycles. The van der Waals surface area contributed by atoms with Crippen molar-refractivity contribution in [3.8, 4) is 0 Å². The minimum absolute atomic E-state index is 1.94. The fourth-order valence-electron chi connectivity index (χ4n) is 0.630. The van der Waals surface area contributed by atoms with Crippen molar-refractivity contribution in [1.82, 2.24) is 0 Å². The highest BCUT2D eigenvalue weighted by Gasteiger charge is 2.71. The molecule has 1 unspecified atom stereocenters. The first-order valence-electron chi connectivity index (χ1n) is 3.44. The Morgan fingerprint density at radius 3 is 1.53 bits per heavy atom. The molecule has 0 bridgehead atoms. The van der Waals surface area contributed by atoms with Crippen molar-refractivity contribution in [2.75, 3.05) is 0 Å². The molecule has 0 saturated carbocycles. The number of hydrogen-bond donors (Lipinski definition) is 0. The van der Waals surface area contributed by atoms with E-state index in [0.717, 1.165) is 0 Å². The summed E-state index contributed by atoms with van der Waals surface area (Å²) in [4.78, 5) is 0. The van der Waals surface area contributed by atoms with E-state index in [9.17, 15) is 35.1 Å². The zero-order chi connectivity index (χ0) is 14.2. The van der Waals surface area contributed by atoms with E-state index >= 15 is 0 Å². The smallest absolute Gasteiger partial charge is 0.232 e. The first-order valence-corrected chi connectivity index (χ1v) is 4.57. The van der Waals surface area contributed by atoms with E-state index in [1.54, 1.807) is 0 Å². The van der Waals surface area contributed by atoms with Gasteiger partial charge in [-0.3, -0.25) is 0 Å². The van der Waals surface area contributed by atoms with Crippen molar-refractivity contribution in [1.29, 1.82) is 0 Å². The topological polar surface area (TPSA) is 0 Å². The molecular formula is C6HCl3F8. The van der Waals surface area contributed by atoms with Gasteiger partial charge in [0.2, 0.25) is 12.0 Å². The summed E-state index contributed by atoms with van der Waals surface area (Å²) in [5.41, 5.74) is 0. The number of rotatable bonds is 4. The average molecular weight is 331 g/mol. The summed E-state index contributed by atoms with van der Waals surface area (Å²) in [5.74, 6) is -15.3. The summed E-state index contributed by atoms with van der Waals surface area (Å²) >= 11 is 12.7. The lowest BCUT2D eigenvalue weighted by Crippen LogP contribution is -2.53. The van der Waals surface area contributed by atoms with Gasteiger partial charge in [0.05, 0.1) is 0 Å². The monoisotopic (exact) mass is 330 g/mol. The van der Waals surface area contributed by atoms with E-state index in [1.807, 2.05) is 0 Å². The van der Waals surface area contributed by atoms with Crippen molar-refractivity contribution in [3.63, 3.8) is 0 Å². The average Bonchev–Trinajstić information content (AvgIpc) is 2.13. The standard InChI is InChI=1S/C6HCl3F8/c7-2(8)1(10)4(12,13)5(14,15)3(11)6(9,16)17/h3H. The summed E-state index contributed by atoms with van der Waals surface area (Å²) in [5, 5.41) is -5.33. The summed E-state index contributed by atoms with van der Waals surface area (Å²) in [6.45, 7) is 0. The van der Waals surface area contributed by atoms with Crippen LogP contribution in [-0.4, -0.2) is 23.4 Å². The second-order valence-electron chi connectivity index (χ2n) is 2.68. The van der Waals surface area contributed by atoms with Gasteiger partial charge in [-0.15, -0.1) is 0 Å². The Labute approximate surface area is 104 Å². The Balaban J connectivity index is 5.54.